The van der Waals surface area contributed by atoms with Crippen molar-refractivity contribution in [3.05, 3.63) is 80.6 Å². The maximum atomic E-state index is 13.8. The molecule has 0 radical (unpaired) electrons. The number of carbonyl (C=O) groups is 2. The molecule has 2 saturated heterocycles. The van der Waals surface area contributed by atoms with Crippen molar-refractivity contribution in [2.75, 3.05) is 24.5 Å². The molecule has 3 aromatic rings. The Morgan fingerprint density at radius 3 is 2.62 bits per heavy atom. The van der Waals surface area contributed by atoms with Gasteiger partial charge < -0.3 is 10.0 Å². The molecule has 0 spiro atoms. The average molecular weight is 563 g/mol. The molecule has 5 rings (SSSR count). The largest absolute Gasteiger partial charge is 0.481 e. The van der Waals surface area contributed by atoms with Gasteiger partial charge in [-0.1, -0.05) is 60.4 Å². The molecule has 4 heterocycles. The molecule has 1 amide bonds. The number of aromatic nitrogens is 2. The number of carbonyl (C=O) groups excluding carboxylic acids is 1. The number of thioether (sulfide) groups is 1. The number of piperidine rings is 1. The molecular weight excluding hydrogens is 532 g/mol. The SMILES string of the molecule is Cc1cccn2c(=O)c(/C=C3\SC(=S)N(CCCC(=O)O)C3=O)c(N3CCC(Cc4ccccc4)CC3)nc12. The Bertz CT molecular complexity index is 1510. The number of amides is 1. The number of aryl methyl sites for hydroxylation is 1. The quantitative estimate of drug-likeness (QED) is 0.316. The van der Waals surface area contributed by atoms with Gasteiger partial charge in [-0.2, -0.15) is 0 Å². The van der Waals surface area contributed by atoms with Gasteiger partial charge in [0.25, 0.3) is 11.5 Å². The van der Waals surface area contributed by atoms with Crippen molar-refractivity contribution < 1.29 is 14.7 Å². The van der Waals surface area contributed by atoms with Gasteiger partial charge in [-0.3, -0.25) is 23.7 Å². The van der Waals surface area contributed by atoms with Crippen molar-refractivity contribution in [3.8, 4) is 0 Å². The highest BCUT2D eigenvalue weighted by Crippen LogP contribution is 2.34. The van der Waals surface area contributed by atoms with E-state index in [-0.39, 0.29) is 24.4 Å². The van der Waals surface area contributed by atoms with Gasteiger partial charge in [0, 0.05) is 32.3 Å². The van der Waals surface area contributed by atoms with Crippen LogP contribution in [0.4, 0.5) is 5.82 Å². The molecule has 39 heavy (non-hydrogen) atoms. The van der Waals surface area contributed by atoms with E-state index in [4.69, 9.17) is 22.3 Å². The molecule has 202 valence electrons. The van der Waals surface area contributed by atoms with Crippen LogP contribution < -0.4 is 10.5 Å². The fourth-order valence-corrected chi connectivity index (χ4v) is 6.47. The van der Waals surface area contributed by atoms with Crippen LogP contribution in [0.5, 0.6) is 0 Å². The molecule has 2 aliphatic heterocycles. The first kappa shape index (κ1) is 27.1. The fourth-order valence-electron chi connectivity index (χ4n) is 5.18. The highest BCUT2D eigenvalue weighted by atomic mass is 32.2. The Morgan fingerprint density at radius 1 is 1.15 bits per heavy atom. The van der Waals surface area contributed by atoms with Crippen LogP contribution in [0.1, 0.15) is 42.4 Å². The molecule has 0 saturated carbocycles. The number of aliphatic carboxylic acids is 1. The standard InChI is InChI=1S/C29H30N4O4S2/c1-19-7-5-13-32-25(19)30-26(31-15-11-21(12-16-31)17-20-8-3-2-4-9-20)22(27(32)36)18-23-28(37)33(29(38)39-23)14-6-10-24(34)35/h2-5,7-9,13,18,21H,6,10-12,14-17H2,1H3,(H,34,35)/b23-18-. The number of fused-ring (bicyclic) bond motifs is 1. The molecule has 0 unspecified atom stereocenters. The third kappa shape index (κ3) is 5.91. The summed E-state index contributed by atoms with van der Waals surface area (Å²) >= 11 is 6.55. The number of hydrogen-bond acceptors (Lipinski definition) is 7. The molecule has 10 heteroatoms. The summed E-state index contributed by atoms with van der Waals surface area (Å²) in [7, 11) is 0. The van der Waals surface area contributed by atoms with Gasteiger partial charge in [0.1, 0.15) is 15.8 Å². The van der Waals surface area contributed by atoms with Gasteiger partial charge in [0.05, 0.1) is 10.5 Å². The van der Waals surface area contributed by atoms with Crippen molar-refractivity contribution in [1.29, 1.82) is 0 Å². The van der Waals surface area contributed by atoms with Crippen LogP contribution in [0.3, 0.4) is 0 Å². The van der Waals surface area contributed by atoms with Crippen LogP contribution in [0, 0.1) is 12.8 Å². The second-order valence-electron chi connectivity index (χ2n) is 9.99. The highest BCUT2D eigenvalue weighted by molar-refractivity contribution is 8.26. The van der Waals surface area contributed by atoms with Crippen LogP contribution in [-0.2, 0) is 16.0 Å². The zero-order chi connectivity index (χ0) is 27.5. The summed E-state index contributed by atoms with van der Waals surface area (Å²) in [5.41, 5.74) is 2.96. The first-order chi connectivity index (χ1) is 18.8. The van der Waals surface area contributed by atoms with Crippen molar-refractivity contribution in [2.24, 2.45) is 5.92 Å². The third-order valence-electron chi connectivity index (χ3n) is 7.27. The summed E-state index contributed by atoms with van der Waals surface area (Å²) in [6.45, 7) is 3.69. The highest BCUT2D eigenvalue weighted by Gasteiger charge is 2.33. The van der Waals surface area contributed by atoms with E-state index in [9.17, 15) is 14.4 Å². The molecule has 2 fully saturated rings. The number of pyridine rings is 1. The van der Waals surface area contributed by atoms with Crippen LogP contribution in [0.15, 0.2) is 58.4 Å². The molecule has 0 bridgehead atoms. The molecule has 8 nitrogen and oxygen atoms in total. The van der Waals surface area contributed by atoms with Crippen LogP contribution in [-0.4, -0.2) is 55.2 Å². The minimum atomic E-state index is -0.918. The average Bonchev–Trinajstić information content (AvgIpc) is 3.19. The minimum absolute atomic E-state index is 0.0459. The number of nitrogens with zero attached hydrogens (tertiary/aromatic N) is 4. The van der Waals surface area contributed by atoms with Gasteiger partial charge in [-0.15, -0.1) is 0 Å². The van der Waals surface area contributed by atoms with E-state index < -0.39 is 5.97 Å². The molecule has 0 atom stereocenters. The number of rotatable bonds is 8. The molecule has 1 aromatic carbocycles. The summed E-state index contributed by atoms with van der Waals surface area (Å²) in [5.74, 6) is -0.0867. The Labute approximate surface area is 236 Å². The van der Waals surface area contributed by atoms with Gasteiger partial charge in [-0.05, 0) is 61.8 Å². The van der Waals surface area contributed by atoms with E-state index in [0.29, 0.717) is 38.6 Å². The maximum absolute atomic E-state index is 13.8. The van der Waals surface area contributed by atoms with Crippen molar-refractivity contribution in [1.82, 2.24) is 14.3 Å². The predicted octanol–water partition coefficient (Wildman–Crippen LogP) is 4.53. The normalized spacial score (nSPS) is 17.5. The topological polar surface area (TPSA) is 95.2 Å². The minimum Gasteiger partial charge on any atom is -0.481 e. The van der Waals surface area contributed by atoms with E-state index in [1.165, 1.54) is 14.9 Å². The lowest BCUT2D eigenvalue weighted by Gasteiger charge is -2.33. The Hall–Kier alpha value is -3.50. The zero-order valence-corrected chi connectivity index (χ0v) is 23.3. The molecule has 2 aliphatic rings. The number of carboxylic acid groups (broad SMARTS) is 1. The number of hydrogen-bond donors (Lipinski definition) is 1. The summed E-state index contributed by atoms with van der Waals surface area (Å²) in [6, 6.07) is 14.2. The van der Waals surface area contributed by atoms with Crippen LogP contribution >= 0.6 is 24.0 Å². The monoisotopic (exact) mass is 562 g/mol. The summed E-state index contributed by atoms with van der Waals surface area (Å²) in [5, 5.41) is 8.95. The van der Waals surface area contributed by atoms with E-state index in [0.717, 1.165) is 49.7 Å². The predicted molar refractivity (Wildman–Crippen MR) is 158 cm³/mol. The molecule has 1 N–H and O–H groups in total. The van der Waals surface area contributed by atoms with Crippen LogP contribution in [0.2, 0.25) is 0 Å². The maximum Gasteiger partial charge on any atom is 0.303 e. The summed E-state index contributed by atoms with van der Waals surface area (Å²) in [4.78, 5) is 46.8. The summed E-state index contributed by atoms with van der Waals surface area (Å²) < 4.78 is 1.89. The summed E-state index contributed by atoms with van der Waals surface area (Å²) in [6.07, 6.45) is 6.56. The number of carboxylic acids is 1. The Kier molecular flexibility index (Phi) is 8.13. The first-order valence-electron chi connectivity index (χ1n) is 13.1. The van der Waals surface area contributed by atoms with Crippen molar-refractivity contribution in [3.63, 3.8) is 0 Å². The Morgan fingerprint density at radius 2 is 1.90 bits per heavy atom. The fraction of sp³-hybridized carbons (Fsp3) is 0.345. The second-order valence-corrected chi connectivity index (χ2v) is 11.7. The van der Waals surface area contributed by atoms with Crippen molar-refractivity contribution in [2.45, 2.75) is 39.0 Å². The second kappa shape index (κ2) is 11.7. The van der Waals surface area contributed by atoms with Crippen molar-refractivity contribution >= 4 is 57.7 Å². The van der Waals surface area contributed by atoms with Gasteiger partial charge in [0.2, 0.25) is 0 Å². The van der Waals surface area contributed by atoms with Gasteiger partial charge in [-0.25, -0.2) is 4.98 Å². The lowest BCUT2D eigenvalue weighted by molar-refractivity contribution is -0.137. The number of thiocarbonyl (C=S) groups is 1. The van der Waals surface area contributed by atoms with Gasteiger partial charge in [0.15, 0.2) is 0 Å². The lowest BCUT2D eigenvalue weighted by Crippen LogP contribution is -2.37. The Balaban J connectivity index is 1.45. The van der Waals surface area contributed by atoms with E-state index >= 15 is 0 Å². The zero-order valence-electron chi connectivity index (χ0n) is 21.7. The molecular formula is C29H30N4O4S2. The number of benzene rings is 1. The molecule has 0 aliphatic carbocycles. The smallest absolute Gasteiger partial charge is 0.303 e. The van der Waals surface area contributed by atoms with E-state index in [1.807, 2.05) is 25.1 Å². The number of anilines is 1. The van der Waals surface area contributed by atoms with Crippen LogP contribution in [0.25, 0.3) is 11.7 Å². The van der Waals surface area contributed by atoms with E-state index in [2.05, 4.69) is 29.2 Å². The third-order valence-corrected chi connectivity index (χ3v) is 8.64. The lowest BCUT2D eigenvalue weighted by atomic mass is 9.90. The van der Waals surface area contributed by atoms with E-state index in [1.54, 1.807) is 12.3 Å². The molecule has 2 aromatic heterocycles. The first-order valence-corrected chi connectivity index (χ1v) is 14.3. The van der Waals surface area contributed by atoms with Gasteiger partial charge >= 0.3 is 5.97 Å².